The zero-order chi connectivity index (χ0) is 18.9. The highest BCUT2D eigenvalue weighted by atomic mass is 16.5. The number of nitrogens with one attached hydrogen (secondary N) is 1. The average Bonchev–Trinajstić information content (AvgIpc) is 3.38. The molecule has 5 rings (SSSR count). The van der Waals surface area contributed by atoms with Crippen molar-refractivity contribution in [3.63, 3.8) is 0 Å². The molecule has 2 aliphatic rings. The summed E-state index contributed by atoms with van der Waals surface area (Å²) in [6, 6.07) is 10.7. The Labute approximate surface area is 165 Å². The molecule has 1 aliphatic heterocycles. The predicted molar refractivity (Wildman–Crippen MR) is 112 cm³/mol. The number of allylic oxidation sites excluding steroid dienone is 1. The number of ether oxygens (including phenoxy) is 1. The SMILES string of the molecule is Cc1cnccc1-c1cnc(NCc2cccc(C=C3CC3)c2)c2c1OCC2. The van der Waals surface area contributed by atoms with Crippen molar-refractivity contribution in [2.24, 2.45) is 0 Å². The van der Waals surface area contributed by atoms with Crippen molar-refractivity contribution < 1.29 is 4.74 Å². The van der Waals surface area contributed by atoms with Crippen LogP contribution in [0.3, 0.4) is 0 Å². The summed E-state index contributed by atoms with van der Waals surface area (Å²) in [5.74, 6) is 1.88. The second-order valence-electron chi connectivity index (χ2n) is 7.52. The number of benzene rings is 1. The molecule has 0 unspecified atom stereocenters. The van der Waals surface area contributed by atoms with Crippen molar-refractivity contribution in [3.05, 3.63) is 76.7 Å². The maximum Gasteiger partial charge on any atom is 0.135 e. The van der Waals surface area contributed by atoms with Gasteiger partial charge in [-0.1, -0.05) is 29.8 Å². The molecule has 1 fully saturated rings. The molecule has 0 atom stereocenters. The van der Waals surface area contributed by atoms with Crippen LogP contribution in [0, 0.1) is 6.92 Å². The molecule has 28 heavy (non-hydrogen) atoms. The van der Waals surface area contributed by atoms with E-state index in [-0.39, 0.29) is 0 Å². The van der Waals surface area contributed by atoms with Crippen LogP contribution in [0.4, 0.5) is 5.82 Å². The van der Waals surface area contributed by atoms with E-state index in [1.807, 2.05) is 24.7 Å². The molecule has 1 aromatic carbocycles. The van der Waals surface area contributed by atoms with Crippen molar-refractivity contribution >= 4 is 11.9 Å². The van der Waals surface area contributed by atoms with Crippen LogP contribution in [0.15, 0.2) is 54.5 Å². The molecule has 1 saturated carbocycles. The van der Waals surface area contributed by atoms with Crippen molar-refractivity contribution in [2.75, 3.05) is 11.9 Å². The lowest BCUT2D eigenvalue weighted by atomic mass is 10.0. The summed E-state index contributed by atoms with van der Waals surface area (Å²) in [4.78, 5) is 8.94. The van der Waals surface area contributed by atoms with Crippen LogP contribution >= 0.6 is 0 Å². The molecule has 140 valence electrons. The van der Waals surface area contributed by atoms with Gasteiger partial charge in [-0.05, 0) is 54.2 Å². The van der Waals surface area contributed by atoms with Crippen LogP contribution in [0.25, 0.3) is 17.2 Å². The molecule has 0 spiro atoms. The quantitative estimate of drug-likeness (QED) is 0.673. The second kappa shape index (κ2) is 7.12. The van der Waals surface area contributed by atoms with E-state index < -0.39 is 0 Å². The minimum absolute atomic E-state index is 0.704. The molecule has 0 radical (unpaired) electrons. The Hall–Kier alpha value is -3.14. The maximum absolute atomic E-state index is 5.99. The van der Waals surface area contributed by atoms with Gasteiger partial charge in [0.25, 0.3) is 0 Å². The van der Waals surface area contributed by atoms with E-state index in [0.29, 0.717) is 6.61 Å². The number of pyridine rings is 2. The maximum atomic E-state index is 5.99. The fourth-order valence-electron chi connectivity index (χ4n) is 3.74. The summed E-state index contributed by atoms with van der Waals surface area (Å²) in [6.45, 7) is 3.53. The van der Waals surface area contributed by atoms with Gasteiger partial charge in [-0.2, -0.15) is 0 Å². The Morgan fingerprint density at radius 1 is 1.11 bits per heavy atom. The second-order valence-corrected chi connectivity index (χ2v) is 7.52. The Kier molecular flexibility index (Phi) is 4.32. The van der Waals surface area contributed by atoms with Gasteiger partial charge in [0, 0.05) is 42.7 Å². The van der Waals surface area contributed by atoms with Crippen molar-refractivity contribution in [1.29, 1.82) is 0 Å². The topological polar surface area (TPSA) is 47.0 Å². The molecule has 4 heteroatoms. The zero-order valence-electron chi connectivity index (χ0n) is 16.0. The highest BCUT2D eigenvalue weighted by molar-refractivity contribution is 5.77. The molecule has 0 amide bonds. The largest absolute Gasteiger partial charge is 0.492 e. The Bertz CT molecular complexity index is 1070. The first-order chi connectivity index (χ1) is 13.8. The average molecular weight is 369 g/mol. The van der Waals surface area contributed by atoms with Gasteiger partial charge in [-0.15, -0.1) is 0 Å². The third kappa shape index (κ3) is 3.38. The van der Waals surface area contributed by atoms with Gasteiger partial charge in [0.2, 0.25) is 0 Å². The number of nitrogens with zero attached hydrogens (tertiary/aromatic N) is 2. The van der Waals surface area contributed by atoms with E-state index in [4.69, 9.17) is 9.72 Å². The zero-order valence-corrected chi connectivity index (χ0v) is 16.0. The summed E-state index contributed by atoms with van der Waals surface area (Å²) in [5, 5.41) is 3.53. The first-order valence-corrected chi connectivity index (χ1v) is 9.86. The van der Waals surface area contributed by atoms with E-state index in [9.17, 15) is 0 Å². The van der Waals surface area contributed by atoms with Crippen LogP contribution in [-0.2, 0) is 13.0 Å². The molecular formula is C24H23N3O. The lowest BCUT2D eigenvalue weighted by molar-refractivity contribution is 0.358. The van der Waals surface area contributed by atoms with E-state index in [2.05, 4.69) is 47.6 Å². The molecule has 1 N–H and O–H groups in total. The van der Waals surface area contributed by atoms with E-state index in [1.54, 1.807) is 5.57 Å². The van der Waals surface area contributed by atoms with E-state index in [1.165, 1.54) is 29.5 Å². The highest BCUT2D eigenvalue weighted by Gasteiger charge is 2.23. The summed E-state index contributed by atoms with van der Waals surface area (Å²) in [5.41, 5.74) is 8.58. The van der Waals surface area contributed by atoms with E-state index in [0.717, 1.165) is 41.2 Å². The Morgan fingerprint density at radius 2 is 2.04 bits per heavy atom. The highest BCUT2D eigenvalue weighted by Crippen LogP contribution is 2.40. The smallest absolute Gasteiger partial charge is 0.135 e. The van der Waals surface area contributed by atoms with Crippen LogP contribution in [0.2, 0.25) is 0 Å². The third-order valence-electron chi connectivity index (χ3n) is 5.36. The summed E-state index contributed by atoms with van der Waals surface area (Å²) >= 11 is 0. The Balaban J connectivity index is 1.40. The molecule has 0 saturated heterocycles. The van der Waals surface area contributed by atoms with Gasteiger partial charge in [-0.25, -0.2) is 4.98 Å². The number of rotatable bonds is 5. The number of aryl methyl sites for hydroxylation is 1. The van der Waals surface area contributed by atoms with Gasteiger partial charge in [0.15, 0.2) is 0 Å². The molecule has 3 heterocycles. The molecule has 4 nitrogen and oxygen atoms in total. The number of hydrogen-bond acceptors (Lipinski definition) is 4. The van der Waals surface area contributed by atoms with Gasteiger partial charge in [-0.3, -0.25) is 4.98 Å². The number of aromatic nitrogens is 2. The van der Waals surface area contributed by atoms with Gasteiger partial charge >= 0.3 is 0 Å². The molecule has 1 aliphatic carbocycles. The fourth-order valence-corrected chi connectivity index (χ4v) is 3.74. The molecule has 2 aromatic heterocycles. The monoisotopic (exact) mass is 369 g/mol. The van der Waals surface area contributed by atoms with Crippen molar-refractivity contribution in [1.82, 2.24) is 9.97 Å². The first-order valence-electron chi connectivity index (χ1n) is 9.86. The summed E-state index contributed by atoms with van der Waals surface area (Å²) in [6.07, 6.45) is 11.3. The summed E-state index contributed by atoms with van der Waals surface area (Å²) in [7, 11) is 0. The van der Waals surface area contributed by atoms with Crippen LogP contribution in [0.5, 0.6) is 5.75 Å². The molecular weight excluding hydrogens is 346 g/mol. The van der Waals surface area contributed by atoms with Gasteiger partial charge in [0.05, 0.1) is 6.61 Å². The predicted octanol–water partition coefficient (Wildman–Crippen LogP) is 5.18. The van der Waals surface area contributed by atoms with Crippen LogP contribution in [0.1, 0.15) is 35.1 Å². The van der Waals surface area contributed by atoms with Gasteiger partial charge < -0.3 is 10.1 Å². The summed E-state index contributed by atoms with van der Waals surface area (Å²) < 4.78 is 5.99. The lowest BCUT2D eigenvalue weighted by Crippen LogP contribution is -2.04. The third-order valence-corrected chi connectivity index (χ3v) is 5.36. The van der Waals surface area contributed by atoms with Gasteiger partial charge in [0.1, 0.15) is 11.6 Å². The number of anilines is 1. The fraction of sp³-hybridized carbons (Fsp3) is 0.250. The van der Waals surface area contributed by atoms with Crippen molar-refractivity contribution in [2.45, 2.75) is 32.7 Å². The molecule has 0 bridgehead atoms. The minimum Gasteiger partial charge on any atom is -0.492 e. The normalized spacial score (nSPS) is 14.4. The first kappa shape index (κ1) is 17.0. The minimum atomic E-state index is 0.704. The van der Waals surface area contributed by atoms with Crippen molar-refractivity contribution in [3.8, 4) is 16.9 Å². The lowest BCUT2D eigenvalue weighted by Gasteiger charge is -2.14. The van der Waals surface area contributed by atoms with Crippen LogP contribution in [-0.4, -0.2) is 16.6 Å². The van der Waals surface area contributed by atoms with E-state index >= 15 is 0 Å². The number of hydrogen-bond donors (Lipinski definition) is 1. The van der Waals surface area contributed by atoms with Crippen LogP contribution < -0.4 is 10.1 Å². The standard InChI is InChI=1S/C24H23N3O/c1-16-13-25-9-7-20(16)22-15-27-24(21-8-10-28-23(21)22)26-14-19-4-2-3-18(12-19)11-17-5-6-17/h2-4,7,9,11-13,15H,5-6,8,10,14H2,1H3,(H,26,27). The number of fused-ring (bicyclic) bond motifs is 1. The Morgan fingerprint density at radius 3 is 2.89 bits per heavy atom. The molecule has 3 aromatic rings.